The number of halogens is 1. The second kappa shape index (κ2) is 5.62. The molecule has 0 bridgehead atoms. The lowest BCUT2D eigenvalue weighted by Crippen LogP contribution is -2.05. The van der Waals surface area contributed by atoms with Crippen molar-refractivity contribution in [2.75, 3.05) is 5.32 Å². The smallest absolute Gasteiger partial charge is 0.221 e. The molecule has 0 atom stereocenters. The molecular weight excluding hydrogens is 324 g/mol. The Morgan fingerprint density at radius 3 is 2.71 bits per heavy atom. The molecule has 6 heteroatoms. The molecule has 0 unspecified atom stereocenters. The largest absolute Gasteiger partial charge is 0.338 e. The molecule has 0 spiro atoms. The number of amides is 1. The molecule has 0 saturated heterocycles. The summed E-state index contributed by atoms with van der Waals surface area (Å²) in [6.07, 6.45) is 1.72. The van der Waals surface area contributed by atoms with Crippen LogP contribution in [0.1, 0.15) is 6.92 Å². The minimum Gasteiger partial charge on any atom is -0.338 e. The molecule has 2 N–H and O–H groups in total. The van der Waals surface area contributed by atoms with E-state index in [1.165, 1.54) is 6.92 Å². The molecule has 0 aliphatic rings. The topological polar surface area (TPSA) is 70.7 Å². The van der Waals surface area contributed by atoms with Crippen LogP contribution in [0.4, 0.5) is 5.69 Å². The van der Waals surface area contributed by atoms with Gasteiger partial charge in [0.15, 0.2) is 0 Å². The normalized spacial score (nSPS) is 11.1. The fraction of sp³-hybridized carbons (Fsp3) is 0.0556. The van der Waals surface area contributed by atoms with Crippen molar-refractivity contribution < 1.29 is 4.79 Å². The molecule has 118 valence electrons. The number of imidazole rings is 1. The van der Waals surface area contributed by atoms with Gasteiger partial charge < -0.3 is 10.3 Å². The summed E-state index contributed by atoms with van der Waals surface area (Å²) < 4.78 is 0. The van der Waals surface area contributed by atoms with Crippen LogP contribution < -0.4 is 5.32 Å². The Morgan fingerprint density at radius 2 is 1.96 bits per heavy atom. The molecule has 4 rings (SSSR count). The number of benzene rings is 2. The van der Waals surface area contributed by atoms with E-state index >= 15 is 0 Å². The third-order valence-electron chi connectivity index (χ3n) is 3.77. The summed E-state index contributed by atoms with van der Waals surface area (Å²) in [7, 11) is 0. The van der Waals surface area contributed by atoms with E-state index in [4.69, 9.17) is 11.6 Å². The van der Waals surface area contributed by atoms with E-state index in [1.807, 2.05) is 42.5 Å². The standard InChI is InChI=1S/C18H13ClN4O/c1-10(24)21-13-6-4-11(5-7-13)18-22-14-9-12-3-2-8-20-16(12)15(19)17(14)23-18/h2-9H,1H3,(H,21,24)(H,22,23). The average molecular weight is 337 g/mol. The van der Waals surface area contributed by atoms with Crippen molar-refractivity contribution in [2.45, 2.75) is 6.92 Å². The zero-order chi connectivity index (χ0) is 16.7. The predicted molar refractivity (Wildman–Crippen MR) is 96.1 cm³/mol. The Kier molecular flexibility index (Phi) is 3.43. The maximum Gasteiger partial charge on any atom is 0.221 e. The molecule has 5 nitrogen and oxygen atoms in total. The Balaban J connectivity index is 1.81. The van der Waals surface area contributed by atoms with E-state index in [0.29, 0.717) is 10.5 Å². The van der Waals surface area contributed by atoms with Crippen LogP contribution in [0.2, 0.25) is 5.02 Å². The number of nitrogens with one attached hydrogen (secondary N) is 2. The summed E-state index contributed by atoms with van der Waals surface area (Å²) in [5, 5.41) is 4.25. The minimum atomic E-state index is -0.0996. The van der Waals surface area contributed by atoms with Crippen LogP contribution in [0.25, 0.3) is 33.3 Å². The highest BCUT2D eigenvalue weighted by Crippen LogP contribution is 2.31. The number of carbonyl (C=O) groups is 1. The molecule has 4 aromatic rings. The van der Waals surface area contributed by atoms with Gasteiger partial charge >= 0.3 is 0 Å². The monoisotopic (exact) mass is 336 g/mol. The first-order valence-corrected chi connectivity index (χ1v) is 7.80. The predicted octanol–water partition coefficient (Wildman–Crippen LogP) is 4.39. The number of rotatable bonds is 2. The second-order valence-corrected chi connectivity index (χ2v) is 5.88. The first kappa shape index (κ1) is 14.7. The molecule has 0 aliphatic carbocycles. The highest BCUT2D eigenvalue weighted by atomic mass is 35.5. The number of H-pyrrole nitrogens is 1. The number of aromatic nitrogens is 3. The third-order valence-corrected chi connectivity index (χ3v) is 4.12. The third kappa shape index (κ3) is 2.49. The van der Waals surface area contributed by atoms with E-state index in [-0.39, 0.29) is 5.91 Å². The number of hydrogen-bond acceptors (Lipinski definition) is 3. The van der Waals surface area contributed by atoms with Gasteiger partial charge in [0.1, 0.15) is 11.3 Å². The van der Waals surface area contributed by atoms with Gasteiger partial charge in [0.05, 0.1) is 16.1 Å². The SMILES string of the molecule is CC(=O)Nc1ccc(-c2nc3c(Cl)c4ncccc4cc3[nH]2)cc1. The molecule has 0 fully saturated rings. The van der Waals surface area contributed by atoms with Crippen molar-refractivity contribution in [3.05, 3.63) is 53.7 Å². The highest BCUT2D eigenvalue weighted by Gasteiger charge is 2.12. The van der Waals surface area contributed by atoms with Gasteiger partial charge in [-0.2, -0.15) is 0 Å². The van der Waals surface area contributed by atoms with Gasteiger partial charge in [-0.1, -0.05) is 17.7 Å². The second-order valence-electron chi connectivity index (χ2n) is 5.51. The van der Waals surface area contributed by atoms with Gasteiger partial charge in [-0.25, -0.2) is 4.98 Å². The summed E-state index contributed by atoms with van der Waals surface area (Å²) in [5.41, 5.74) is 3.96. The zero-order valence-electron chi connectivity index (χ0n) is 12.8. The van der Waals surface area contributed by atoms with Crippen LogP contribution in [-0.4, -0.2) is 20.9 Å². The maximum atomic E-state index is 11.1. The number of carbonyl (C=O) groups excluding carboxylic acids is 1. The number of anilines is 1. The first-order valence-electron chi connectivity index (χ1n) is 7.43. The Morgan fingerprint density at radius 1 is 1.17 bits per heavy atom. The van der Waals surface area contributed by atoms with Gasteiger partial charge in [-0.05, 0) is 36.4 Å². The molecule has 2 aromatic carbocycles. The van der Waals surface area contributed by atoms with Crippen molar-refractivity contribution in [2.24, 2.45) is 0 Å². The van der Waals surface area contributed by atoms with E-state index in [1.54, 1.807) is 6.20 Å². The van der Waals surface area contributed by atoms with Crippen LogP contribution in [0.3, 0.4) is 0 Å². The molecule has 1 amide bonds. The van der Waals surface area contributed by atoms with Crippen LogP contribution in [0.15, 0.2) is 48.7 Å². The molecule has 0 aliphatic heterocycles. The van der Waals surface area contributed by atoms with E-state index in [2.05, 4.69) is 20.3 Å². The first-order chi connectivity index (χ1) is 11.6. The Hall–Kier alpha value is -2.92. The Labute approximate surface area is 142 Å². The number of nitrogens with zero attached hydrogens (tertiary/aromatic N) is 2. The van der Waals surface area contributed by atoms with Crippen molar-refractivity contribution in [1.29, 1.82) is 0 Å². The Bertz CT molecular complexity index is 1070. The number of pyridine rings is 1. The molecule has 24 heavy (non-hydrogen) atoms. The molecular formula is C18H13ClN4O. The van der Waals surface area contributed by atoms with Crippen LogP contribution in [0, 0.1) is 0 Å². The summed E-state index contributed by atoms with van der Waals surface area (Å²) >= 11 is 6.47. The number of hydrogen-bond donors (Lipinski definition) is 2. The quantitative estimate of drug-likeness (QED) is 0.570. The summed E-state index contributed by atoms with van der Waals surface area (Å²) in [6, 6.07) is 13.3. The summed E-state index contributed by atoms with van der Waals surface area (Å²) in [6.45, 7) is 1.48. The van der Waals surface area contributed by atoms with Gasteiger partial charge in [0.2, 0.25) is 5.91 Å². The molecule has 0 saturated carbocycles. The lowest BCUT2D eigenvalue weighted by atomic mass is 10.2. The molecule has 2 heterocycles. The van der Waals surface area contributed by atoms with E-state index in [0.717, 1.165) is 33.5 Å². The summed E-state index contributed by atoms with van der Waals surface area (Å²) in [4.78, 5) is 23.3. The van der Waals surface area contributed by atoms with Crippen molar-refractivity contribution >= 4 is 45.1 Å². The van der Waals surface area contributed by atoms with Crippen LogP contribution in [0.5, 0.6) is 0 Å². The highest BCUT2D eigenvalue weighted by molar-refractivity contribution is 6.39. The van der Waals surface area contributed by atoms with Crippen molar-refractivity contribution in [1.82, 2.24) is 15.0 Å². The summed E-state index contributed by atoms with van der Waals surface area (Å²) in [5.74, 6) is 0.619. The number of fused-ring (bicyclic) bond motifs is 2. The maximum absolute atomic E-state index is 11.1. The molecule has 2 aromatic heterocycles. The minimum absolute atomic E-state index is 0.0996. The van der Waals surface area contributed by atoms with E-state index < -0.39 is 0 Å². The average Bonchev–Trinajstić information content (AvgIpc) is 2.99. The van der Waals surface area contributed by atoms with Crippen molar-refractivity contribution in [3.63, 3.8) is 0 Å². The lowest BCUT2D eigenvalue weighted by molar-refractivity contribution is -0.114. The fourth-order valence-electron chi connectivity index (χ4n) is 2.70. The fourth-order valence-corrected chi connectivity index (χ4v) is 3.00. The molecule has 0 radical (unpaired) electrons. The van der Waals surface area contributed by atoms with Crippen LogP contribution >= 0.6 is 11.6 Å². The van der Waals surface area contributed by atoms with Crippen molar-refractivity contribution in [3.8, 4) is 11.4 Å². The van der Waals surface area contributed by atoms with Gasteiger partial charge in [0, 0.05) is 29.8 Å². The number of aromatic amines is 1. The van der Waals surface area contributed by atoms with Gasteiger partial charge in [0.25, 0.3) is 0 Å². The van der Waals surface area contributed by atoms with E-state index in [9.17, 15) is 4.79 Å². The van der Waals surface area contributed by atoms with Crippen LogP contribution in [-0.2, 0) is 4.79 Å². The zero-order valence-corrected chi connectivity index (χ0v) is 13.6. The lowest BCUT2D eigenvalue weighted by Gasteiger charge is -2.02. The van der Waals surface area contributed by atoms with Gasteiger partial charge in [-0.15, -0.1) is 0 Å². The van der Waals surface area contributed by atoms with Gasteiger partial charge in [-0.3, -0.25) is 9.78 Å².